The average molecular weight is 699 g/mol. The maximum atomic E-state index is 14.1. The van der Waals surface area contributed by atoms with E-state index in [1.165, 1.54) is 17.0 Å². The molecule has 0 aliphatic carbocycles. The van der Waals surface area contributed by atoms with Crippen LogP contribution in [0, 0.1) is 0 Å². The van der Waals surface area contributed by atoms with Crippen LogP contribution in [0.2, 0.25) is 10.0 Å². The molecular formula is C30H34BrCl2N3O5S. The Balaban J connectivity index is 2.08. The van der Waals surface area contributed by atoms with Crippen molar-refractivity contribution in [3.8, 4) is 5.75 Å². The number of hydrogen-bond acceptors (Lipinski definition) is 5. The summed E-state index contributed by atoms with van der Waals surface area (Å²) in [5.41, 5.74) is 0.904. The third-order valence-corrected chi connectivity index (χ3v) is 9.33. The molecule has 0 aromatic heterocycles. The van der Waals surface area contributed by atoms with Gasteiger partial charge in [0.1, 0.15) is 18.3 Å². The van der Waals surface area contributed by atoms with Crippen LogP contribution in [0.3, 0.4) is 0 Å². The largest absolute Gasteiger partial charge is 0.494 e. The highest BCUT2D eigenvalue weighted by Crippen LogP contribution is 2.28. The summed E-state index contributed by atoms with van der Waals surface area (Å²) in [6, 6.07) is 16.5. The third-order valence-electron chi connectivity index (χ3n) is 6.27. The molecule has 0 saturated carbocycles. The maximum absolute atomic E-state index is 14.1. The minimum Gasteiger partial charge on any atom is -0.494 e. The molecule has 0 aliphatic rings. The van der Waals surface area contributed by atoms with Gasteiger partial charge in [-0.15, -0.1) is 0 Å². The highest BCUT2D eigenvalue weighted by molar-refractivity contribution is 9.10. The number of carbonyl (C=O) groups is 2. The Hall–Kier alpha value is -2.79. The van der Waals surface area contributed by atoms with E-state index in [1.54, 1.807) is 61.5 Å². The lowest BCUT2D eigenvalue weighted by Gasteiger charge is -2.33. The predicted octanol–water partition coefficient (Wildman–Crippen LogP) is 6.68. The highest BCUT2D eigenvalue weighted by atomic mass is 79.9. The molecule has 12 heteroatoms. The van der Waals surface area contributed by atoms with Crippen molar-refractivity contribution >= 4 is 66.7 Å². The molecule has 0 heterocycles. The van der Waals surface area contributed by atoms with Crippen LogP contribution in [0.15, 0.2) is 76.1 Å². The van der Waals surface area contributed by atoms with Gasteiger partial charge in [-0.1, -0.05) is 52.1 Å². The van der Waals surface area contributed by atoms with Crippen LogP contribution in [0.4, 0.5) is 5.69 Å². The molecule has 226 valence electrons. The molecule has 8 nitrogen and oxygen atoms in total. The van der Waals surface area contributed by atoms with Gasteiger partial charge in [-0.05, 0) is 93.4 Å². The number of amides is 2. The van der Waals surface area contributed by atoms with E-state index in [4.69, 9.17) is 27.9 Å². The molecule has 0 bridgehead atoms. The fraction of sp³-hybridized carbons (Fsp3) is 0.333. The van der Waals surface area contributed by atoms with E-state index in [9.17, 15) is 18.0 Å². The van der Waals surface area contributed by atoms with Crippen molar-refractivity contribution in [3.05, 3.63) is 86.8 Å². The van der Waals surface area contributed by atoms with Gasteiger partial charge in [0.25, 0.3) is 10.0 Å². The number of rotatable bonds is 13. The number of sulfonamides is 1. The molecule has 42 heavy (non-hydrogen) atoms. The van der Waals surface area contributed by atoms with E-state index in [2.05, 4.69) is 21.2 Å². The summed E-state index contributed by atoms with van der Waals surface area (Å²) in [6.07, 6.45) is 0.300. The molecule has 3 aromatic carbocycles. The molecule has 0 saturated heterocycles. The van der Waals surface area contributed by atoms with Crippen molar-refractivity contribution in [1.29, 1.82) is 0 Å². The number of nitrogens with zero attached hydrogens (tertiary/aromatic N) is 2. The number of carbonyl (C=O) groups excluding carboxylic acids is 2. The van der Waals surface area contributed by atoms with Gasteiger partial charge in [-0.3, -0.25) is 13.9 Å². The van der Waals surface area contributed by atoms with E-state index in [0.29, 0.717) is 38.9 Å². The van der Waals surface area contributed by atoms with Crippen molar-refractivity contribution in [3.63, 3.8) is 0 Å². The molecular weight excluding hydrogens is 665 g/mol. The quantitative estimate of drug-likeness (QED) is 0.215. The number of anilines is 1. The second kappa shape index (κ2) is 15.1. The SMILES string of the molecule is CCOc1ccc(N(CC(=O)N(Cc2ccc(Cl)c(Cl)c2)[C@@H](CC)C(=O)NC(C)C)S(=O)(=O)c2ccc(Br)cc2)cc1. The molecule has 0 fully saturated rings. The van der Waals surface area contributed by atoms with Crippen LogP contribution in [-0.4, -0.2) is 50.4 Å². The van der Waals surface area contributed by atoms with Crippen LogP contribution in [0.5, 0.6) is 5.75 Å². The van der Waals surface area contributed by atoms with E-state index in [0.717, 1.165) is 4.31 Å². The van der Waals surface area contributed by atoms with Gasteiger partial charge < -0.3 is 15.0 Å². The molecule has 0 spiro atoms. The van der Waals surface area contributed by atoms with Crippen LogP contribution in [0.25, 0.3) is 0 Å². The van der Waals surface area contributed by atoms with Crippen molar-refractivity contribution < 1.29 is 22.7 Å². The van der Waals surface area contributed by atoms with Gasteiger partial charge in [-0.25, -0.2) is 8.42 Å². The van der Waals surface area contributed by atoms with Gasteiger partial charge >= 0.3 is 0 Å². The van der Waals surface area contributed by atoms with Crippen molar-refractivity contribution in [1.82, 2.24) is 10.2 Å². The Kier molecular flexibility index (Phi) is 12.1. The Labute approximate surface area is 266 Å². The molecule has 1 N–H and O–H groups in total. The lowest BCUT2D eigenvalue weighted by molar-refractivity contribution is -0.140. The standard InChI is InChI=1S/C30H34BrCl2N3O5S/c1-5-28(30(38)34-20(3)4)35(18-21-7-16-26(32)27(33)17-21)29(37)19-36(23-10-12-24(13-11-23)41-6-2)42(39,40)25-14-8-22(31)9-15-25/h7-17,20,28H,5-6,18-19H2,1-4H3,(H,34,38)/t28-/m0/s1. The second-order valence-electron chi connectivity index (χ2n) is 9.75. The third kappa shape index (κ3) is 8.63. The van der Waals surface area contributed by atoms with E-state index in [-0.39, 0.29) is 29.1 Å². The molecule has 3 aromatic rings. The fourth-order valence-corrected chi connectivity index (χ4v) is 6.27. The summed E-state index contributed by atoms with van der Waals surface area (Å²) in [4.78, 5) is 28.8. The van der Waals surface area contributed by atoms with Crippen LogP contribution in [0.1, 0.15) is 39.7 Å². The zero-order chi connectivity index (χ0) is 31.0. The topological polar surface area (TPSA) is 96.0 Å². The Morgan fingerprint density at radius 3 is 2.14 bits per heavy atom. The van der Waals surface area contributed by atoms with Crippen LogP contribution >= 0.6 is 39.1 Å². The fourth-order valence-electron chi connectivity index (χ4n) is 4.27. The molecule has 0 radical (unpaired) electrons. The van der Waals surface area contributed by atoms with E-state index in [1.807, 2.05) is 20.8 Å². The Morgan fingerprint density at radius 2 is 1.60 bits per heavy atom. The Morgan fingerprint density at radius 1 is 0.952 bits per heavy atom. The summed E-state index contributed by atoms with van der Waals surface area (Å²) in [5.74, 6) is -0.350. The molecule has 0 aliphatic heterocycles. The summed E-state index contributed by atoms with van der Waals surface area (Å²) < 4.78 is 35.2. The van der Waals surface area contributed by atoms with Gasteiger partial charge in [0, 0.05) is 17.1 Å². The number of hydrogen-bond donors (Lipinski definition) is 1. The summed E-state index contributed by atoms with van der Waals surface area (Å²) in [5, 5.41) is 3.52. The van der Waals surface area contributed by atoms with Crippen LogP contribution < -0.4 is 14.4 Å². The maximum Gasteiger partial charge on any atom is 0.264 e. The molecule has 3 rings (SSSR count). The average Bonchev–Trinajstić information content (AvgIpc) is 2.94. The lowest BCUT2D eigenvalue weighted by atomic mass is 10.1. The minimum absolute atomic E-state index is 0.00742. The summed E-state index contributed by atoms with van der Waals surface area (Å²) >= 11 is 15.7. The Bertz CT molecular complexity index is 1490. The van der Waals surface area contributed by atoms with Gasteiger partial charge in [0.15, 0.2) is 0 Å². The van der Waals surface area contributed by atoms with Gasteiger partial charge in [0.2, 0.25) is 11.8 Å². The minimum atomic E-state index is -4.20. The van der Waals surface area contributed by atoms with E-state index >= 15 is 0 Å². The molecule has 2 amide bonds. The number of nitrogens with one attached hydrogen (secondary N) is 1. The highest BCUT2D eigenvalue weighted by Gasteiger charge is 2.34. The zero-order valence-electron chi connectivity index (χ0n) is 23.8. The lowest BCUT2D eigenvalue weighted by Crippen LogP contribution is -2.53. The van der Waals surface area contributed by atoms with Crippen molar-refractivity contribution in [2.75, 3.05) is 17.5 Å². The molecule has 0 unspecified atom stereocenters. The van der Waals surface area contributed by atoms with Gasteiger partial charge in [-0.2, -0.15) is 0 Å². The van der Waals surface area contributed by atoms with Crippen molar-refractivity contribution in [2.24, 2.45) is 0 Å². The number of benzene rings is 3. The smallest absolute Gasteiger partial charge is 0.264 e. The number of ether oxygens (including phenoxy) is 1. The number of halogens is 3. The molecule has 1 atom stereocenters. The normalized spacial score (nSPS) is 12.1. The predicted molar refractivity (Wildman–Crippen MR) is 171 cm³/mol. The monoisotopic (exact) mass is 697 g/mol. The first kappa shape index (κ1) is 33.7. The first-order valence-corrected chi connectivity index (χ1v) is 16.4. The summed E-state index contributed by atoms with van der Waals surface area (Å²) in [7, 11) is -4.20. The second-order valence-corrected chi connectivity index (χ2v) is 13.3. The van der Waals surface area contributed by atoms with E-state index < -0.39 is 28.5 Å². The van der Waals surface area contributed by atoms with Gasteiger partial charge in [0.05, 0.1) is 27.2 Å². The zero-order valence-corrected chi connectivity index (χ0v) is 27.7. The van der Waals surface area contributed by atoms with Crippen molar-refractivity contribution in [2.45, 2.75) is 57.6 Å². The summed E-state index contributed by atoms with van der Waals surface area (Å²) in [6.45, 7) is 7.19. The first-order valence-electron chi connectivity index (χ1n) is 13.4. The van der Waals surface area contributed by atoms with Crippen LogP contribution in [-0.2, 0) is 26.2 Å². The first-order chi connectivity index (χ1) is 19.9.